The van der Waals surface area contributed by atoms with Crippen molar-refractivity contribution in [1.82, 2.24) is 19.7 Å². The maximum absolute atomic E-state index is 14.0. The monoisotopic (exact) mass is 472 g/mol. The van der Waals surface area contributed by atoms with Gasteiger partial charge in [-0.05, 0) is 57.6 Å². The fourth-order valence-corrected chi connectivity index (χ4v) is 4.36. The summed E-state index contributed by atoms with van der Waals surface area (Å²) in [4.78, 5) is 32.9. The number of fused-ring (bicyclic) bond motifs is 1. The Morgan fingerprint density at radius 1 is 1.15 bits per heavy atom. The highest BCUT2D eigenvalue weighted by molar-refractivity contribution is 5.94. The number of nitrogens with one attached hydrogen (secondary N) is 1. The number of aliphatic carboxylic acids is 1. The number of halogens is 2. The first kappa shape index (κ1) is 23.6. The third kappa shape index (κ3) is 4.85. The fraction of sp³-hybridized carbons (Fsp3) is 0.417. The Morgan fingerprint density at radius 3 is 2.47 bits per heavy atom. The lowest BCUT2D eigenvalue weighted by molar-refractivity contribution is -0.143. The van der Waals surface area contributed by atoms with Crippen molar-refractivity contribution in [2.45, 2.75) is 46.1 Å². The number of carbonyl (C=O) groups is 2. The van der Waals surface area contributed by atoms with Gasteiger partial charge in [-0.2, -0.15) is 0 Å². The van der Waals surface area contributed by atoms with Crippen molar-refractivity contribution in [2.75, 3.05) is 6.54 Å². The number of aryl methyl sites for hydroxylation is 2. The predicted octanol–water partition coefficient (Wildman–Crippen LogP) is 3.82. The molecule has 2 N–H and O–H groups in total. The van der Waals surface area contributed by atoms with Crippen LogP contribution in [0.2, 0.25) is 0 Å². The van der Waals surface area contributed by atoms with Gasteiger partial charge in [0.1, 0.15) is 23.9 Å². The molecule has 8 nitrogen and oxygen atoms in total. The molecule has 0 spiro atoms. The summed E-state index contributed by atoms with van der Waals surface area (Å²) in [5.41, 5.74) is 1.37. The number of hydrogen-bond acceptors (Lipinski definition) is 5. The molecule has 3 aromatic rings. The third-order valence-electron chi connectivity index (χ3n) is 6.25. The second-order valence-electron chi connectivity index (χ2n) is 8.68. The predicted molar refractivity (Wildman–Crippen MR) is 119 cm³/mol. The largest absolute Gasteiger partial charge is 0.481 e. The number of aromatic nitrogens is 3. The molecule has 1 aliphatic carbocycles. The Kier molecular flexibility index (Phi) is 6.76. The van der Waals surface area contributed by atoms with E-state index < -0.39 is 17.6 Å². The van der Waals surface area contributed by atoms with Gasteiger partial charge in [0, 0.05) is 12.7 Å². The molecule has 0 radical (unpaired) electrons. The van der Waals surface area contributed by atoms with E-state index in [4.69, 9.17) is 9.84 Å². The Balaban J connectivity index is 1.50. The first-order chi connectivity index (χ1) is 16.2. The van der Waals surface area contributed by atoms with Gasteiger partial charge in [-0.25, -0.2) is 18.7 Å². The number of amides is 1. The van der Waals surface area contributed by atoms with E-state index in [-0.39, 0.29) is 41.4 Å². The standard InChI is InChI=1S/C24H26F2N4O4/c1-13-11-30-20(22(31)27-10-15-6-8-16(9-7-15)24(32)33)14(2)29-21(30)23(28-13)34-12-17-18(25)4-3-5-19(17)26/h3-5,11,15-16H,6-10,12H2,1-2H3,(H,27,31)(H,32,33). The Morgan fingerprint density at radius 2 is 1.82 bits per heavy atom. The highest BCUT2D eigenvalue weighted by Crippen LogP contribution is 2.29. The molecule has 1 saturated carbocycles. The van der Waals surface area contributed by atoms with E-state index in [1.807, 2.05) is 0 Å². The van der Waals surface area contributed by atoms with Gasteiger partial charge in [0.15, 0.2) is 0 Å². The molecule has 10 heteroatoms. The zero-order valence-electron chi connectivity index (χ0n) is 19.0. The van der Waals surface area contributed by atoms with Crippen LogP contribution in [-0.4, -0.2) is 37.9 Å². The molecule has 1 aliphatic rings. The second kappa shape index (κ2) is 9.74. The summed E-state index contributed by atoms with van der Waals surface area (Å²) in [6.45, 7) is 3.47. The highest BCUT2D eigenvalue weighted by atomic mass is 19.1. The summed E-state index contributed by atoms with van der Waals surface area (Å²) >= 11 is 0. The molecule has 0 unspecified atom stereocenters. The number of rotatable bonds is 7. The maximum atomic E-state index is 14.0. The number of imidazole rings is 1. The smallest absolute Gasteiger partial charge is 0.306 e. The van der Waals surface area contributed by atoms with Crippen LogP contribution in [0.25, 0.3) is 5.65 Å². The fourth-order valence-electron chi connectivity index (χ4n) is 4.36. The van der Waals surface area contributed by atoms with Gasteiger partial charge in [0.2, 0.25) is 5.65 Å². The van der Waals surface area contributed by atoms with Gasteiger partial charge in [0.05, 0.1) is 22.9 Å². The molecular weight excluding hydrogens is 446 g/mol. The lowest BCUT2D eigenvalue weighted by Gasteiger charge is -2.26. The van der Waals surface area contributed by atoms with Crippen LogP contribution >= 0.6 is 0 Å². The summed E-state index contributed by atoms with van der Waals surface area (Å²) in [6, 6.07) is 3.58. The van der Waals surface area contributed by atoms with Gasteiger partial charge >= 0.3 is 5.97 Å². The van der Waals surface area contributed by atoms with E-state index in [2.05, 4.69) is 15.3 Å². The molecule has 34 heavy (non-hydrogen) atoms. The minimum atomic E-state index is -0.761. The topological polar surface area (TPSA) is 106 Å². The van der Waals surface area contributed by atoms with Crippen LogP contribution in [0.3, 0.4) is 0 Å². The quantitative estimate of drug-likeness (QED) is 0.542. The minimum absolute atomic E-state index is 0.0665. The van der Waals surface area contributed by atoms with Crippen molar-refractivity contribution in [1.29, 1.82) is 0 Å². The molecule has 4 rings (SSSR count). The molecule has 0 bridgehead atoms. The molecule has 0 aliphatic heterocycles. The van der Waals surface area contributed by atoms with E-state index in [1.54, 1.807) is 24.4 Å². The van der Waals surface area contributed by atoms with Crippen molar-refractivity contribution < 1.29 is 28.2 Å². The number of nitrogens with zero attached hydrogens (tertiary/aromatic N) is 3. The van der Waals surface area contributed by atoms with Crippen molar-refractivity contribution in [3.05, 3.63) is 58.7 Å². The lowest BCUT2D eigenvalue weighted by atomic mass is 9.82. The number of benzene rings is 1. The van der Waals surface area contributed by atoms with Crippen LogP contribution in [0.1, 0.15) is 53.1 Å². The van der Waals surface area contributed by atoms with Crippen LogP contribution < -0.4 is 10.1 Å². The number of ether oxygens (including phenoxy) is 1. The van der Waals surface area contributed by atoms with Crippen LogP contribution in [-0.2, 0) is 11.4 Å². The number of carboxylic acid groups (broad SMARTS) is 1. The van der Waals surface area contributed by atoms with Crippen molar-refractivity contribution in [2.24, 2.45) is 11.8 Å². The van der Waals surface area contributed by atoms with Crippen LogP contribution in [0, 0.1) is 37.3 Å². The average Bonchev–Trinajstić information content (AvgIpc) is 3.13. The van der Waals surface area contributed by atoms with E-state index in [9.17, 15) is 18.4 Å². The van der Waals surface area contributed by atoms with Crippen molar-refractivity contribution in [3.8, 4) is 5.88 Å². The summed E-state index contributed by atoms with van der Waals surface area (Å²) in [5, 5.41) is 12.1. The first-order valence-corrected chi connectivity index (χ1v) is 11.2. The van der Waals surface area contributed by atoms with Crippen LogP contribution in [0.15, 0.2) is 24.4 Å². The van der Waals surface area contributed by atoms with Gasteiger partial charge in [-0.1, -0.05) is 6.07 Å². The normalized spacial score (nSPS) is 18.1. The van der Waals surface area contributed by atoms with E-state index in [1.165, 1.54) is 6.07 Å². The summed E-state index contributed by atoms with van der Waals surface area (Å²) in [6.07, 6.45) is 4.37. The second-order valence-corrected chi connectivity index (χ2v) is 8.68. The highest BCUT2D eigenvalue weighted by Gasteiger charge is 2.27. The number of carbonyl (C=O) groups excluding carboxylic acids is 1. The molecule has 2 heterocycles. The Bertz CT molecular complexity index is 1220. The van der Waals surface area contributed by atoms with Gasteiger partial charge in [-0.3, -0.25) is 14.0 Å². The molecular formula is C24H26F2N4O4. The molecule has 2 aromatic heterocycles. The molecule has 1 fully saturated rings. The minimum Gasteiger partial charge on any atom is -0.481 e. The molecule has 0 saturated heterocycles. The van der Waals surface area contributed by atoms with E-state index >= 15 is 0 Å². The molecule has 1 amide bonds. The Hall–Kier alpha value is -3.56. The number of carboxylic acids is 1. The summed E-state index contributed by atoms with van der Waals surface area (Å²) < 4.78 is 35.1. The zero-order chi connectivity index (χ0) is 24.4. The van der Waals surface area contributed by atoms with E-state index in [0.29, 0.717) is 36.5 Å². The third-order valence-corrected chi connectivity index (χ3v) is 6.25. The van der Waals surface area contributed by atoms with E-state index in [0.717, 1.165) is 25.0 Å². The lowest BCUT2D eigenvalue weighted by Crippen LogP contribution is -2.33. The molecule has 180 valence electrons. The first-order valence-electron chi connectivity index (χ1n) is 11.2. The SMILES string of the molecule is Cc1cn2c(C(=O)NCC3CCC(C(=O)O)CC3)c(C)nc2c(OCc2c(F)cccc2F)n1. The van der Waals surface area contributed by atoms with Crippen LogP contribution in [0.4, 0.5) is 8.78 Å². The number of hydrogen-bond donors (Lipinski definition) is 2. The summed E-state index contributed by atoms with van der Waals surface area (Å²) in [7, 11) is 0. The maximum Gasteiger partial charge on any atom is 0.306 e. The van der Waals surface area contributed by atoms with Crippen LogP contribution in [0.5, 0.6) is 5.88 Å². The van der Waals surface area contributed by atoms with Gasteiger partial charge < -0.3 is 15.2 Å². The zero-order valence-corrected chi connectivity index (χ0v) is 19.0. The van der Waals surface area contributed by atoms with Gasteiger partial charge in [0.25, 0.3) is 11.8 Å². The molecule has 1 aromatic carbocycles. The van der Waals surface area contributed by atoms with Crippen molar-refractivity contribution >= 4 is 17.5 Å². The average molecular weight is 472 g/mol. The van der Waals surface area contributed by atoms with Gasteiger partial charge in [-0.15, -0.1) is 0 Å². The Labute approximate surface area is 195 Å². The van der Waals surface area contributed by atoms with Crippen molar-refractivity contribution in [3.63, 3.8) is 0 Å². The summed E-state index contributed by atoms with van der Waals surface area (Å²) in [5.74, 6) is -2.54. The molecule has 0 atom stereocenters.